The zero-order chi connectivity index (χ0) is 21.6. The summed E-state index contributed by atoms with van der Waals surface area (Å²) in [7, 11) is -4.00. The van der Waals surface area contributed by atoms with Crippen LogP contribution in [-0.2, 0) is 14.8 Å². The molecule has 9 heteroatoms. The predicted octanol–water partition coefficient (Wildman–Crippen LogP) is 3.82. The van der Waals surface area contributed by atoms with Gasteiger partial charge in [0.2, 0.25) is 0 Å². The highest BCUT2D eigenvalue weighted by Gasteiger charge is 2.26. The van der Waals surface area contributed by atoms with Gasteiger partial charge in [-0.25, -0.2) is 18.2 Å². The van der Waals surface area contributed by atoms with E-state index in [-0.39, 0.29) is 15.5 Å². The highest BCUT2D eigenvalue weighted by atomic mass is 35.5. The van der Waals surface area contributed by atoms with Gasteiger partial charge >= 0.3 is 0 Å². The second-order valence-electron chi connectivity index (χ2n) is 6.09. The number of hydrogen-bond acceptors (Lipinski definition) is 4. The van der Waals surface area contributed by atoms with Gasteiger partial charge in [-0.3, -0.25) is 9.10 Å². The third-order valence-electron chi connectivity index (χ3n) is 4.05. The Balaban J connectivity index is 1.82. The lowest BCUT2D eigenvalue weighted by atomic mass is 10.2. The fraction of sp³-hybridized carbons (Fsp3) is 0.0476. The van der Waals surface area contributed by atoms with Crippen molar-refractivity contribution in [1.29, 1.82) is 0 Å². The quantitative estimate of drug-likeness (QED) is 0.443. The van der Waals surface area contributed by atoms with E-state index in [1.807, 2.05) is 0 Å². The van der Waals surface area contributed by atoms with E-state index < -0.39 is 28.3 Å². The molecule has 0 atom stereocenters. The Bertz CT molecular complexity index is 1140. The van der Waals surface area contributed by atoms with Crippen LogP contribution in [-0.4, -0.2) is 27.1 Å². The Kier molecular flexibility index (Phi) is 6.81. The summed E-state index contributed by atoms with van der Waals surface area (Å²) in [5.41, 5.74) is 2.54. The van der Waals surface area contributed by atoms with Gasteiger partial charge < -0.3 is 0 Å². The van der Waals surface area contributed by atoms with E-state index in [0.29, 0.717) is 5.69 Å². The van der Waals surface area contributed by atoms with E-state index in [4.69, 9.17) is 11.6 Å². The Morgan fingerprint density at radius 2 is 1.63 bits per heavy atom. The van der Waals surface area contributed by atoms with Gasteiger partial charge in [0.25, 0.3) is 15.9 Å². The number of amides is 1. The highest BCUT2D eigenvalue weighted by molar-refractivity contribution is 7.92. The van der Waals surface area contributed by atoms with Gasteiger partial charge in [0.1, 0.15) is 12.4 Å². The van der Waals surface area contributed by atoms with E-state index in [9.17, 15) is 17.6 Å². The van der Waals surface area contributed by atoms with Crippen molar-refractivity contribution in [2.24, 2.45) is 5.10 Å². The fourth-order valence-corrected chi connectivity index (χ4v) is 4.25. The minimum Gasteiger partial charge on any atom is -0.271 e. The van der Waals surface area contributed by atoms with E-state index >= 15 is 0 Å². The molecule has 0 aliphatic rings. The van der Waals surface area contributed by atoms with Crippen molar-refractivity contribution in [1.82, 2.24) is 5.43 Å². The molecule has 0 aromatic heterocycles. The van der Waals surface area contributed by atoms with Gasteiger partial charge in [-0.2, -0.15) is 5.10 Å². The monoisotopic (exact) mass is 445 g/mol. The molecule has 30 heavy (non-hydrogen) atoms. The molecule has 6 nitrogen and oxygen atoms in total. The zero-order valence-corrected chi connectivity index (χ0v) is 17.1. The first-order valence-electron chi connectivity index (χ1n) is 8.78. The molecule has 3 rings (SSSR count). The lowest BCUT2D eigenvalue weighted by Crippen LogP contribution is -2.39. The second-order valence-corrected chi connectivity index (χ2v) is 8.36. The molecule has 0 fully saturated rings. The first kappa shape index (κ1) is 21.5. The molecule has 0 unspecified atom stereocenters. The number of para-hydroxylation sites is 1. The number of carbonyl (C=O) groups is 1. The molecule has 0 aliphatic heterocycles. The van der Waals surface area contributed by atoms with Crippen LogP contribution in [0.15, 0.2) is 88.9 Å². The van der Waals surface area contributed by atoms with Crippen LogP contribution in [0, 0.1) is 5.82 Å². The van der Waals surface area contributed by atoms with Crippen LogP contribution >= 0.6 is 11.6 Å². The molecular formula is C21H17ClFN3O3S. The number of anilines is 1. The van der Waals surface area contributed by atoms with Crippen molar-refractivity contribution in [2.75, 3.05) is 10.8 Å². The summed E-state index contributed by atoms with van der Waals surface area (Å²) >= 11 is 5.91. The van der Waals surface area contributed by atoms with Gasteiger partial charge in [0.05, 0.1) is 21.8 Å². The summed E-state index contributed by atoms with van der Waals surface area (Å²) in [5, 5.41) is 3.82. The smallest absolute Gasteiger partial charge is 0.264 e. The molecule has 3 aromatic carbocycles. The van der Waals surface area contributed by atoms with Crippen molar-refractivity contribution >= 4 is 39.4 Å². The molecular weight excluding hydrogens is 429 g/mol. The molecule has 154 valence electrons. The number of nitrogens with zero attached hydrogens (tertiary/aromatic N) is 2. The minimum absolute atomic E-state index is 0.0105. The zero-order valence-electron chi connectivity index (χ0n) is 15.6. The summed E-state index contributed by atoms with van der Waals surface area (Å²) in [6.45, 7) is -0.524. The average molecular weight is 446 g/mol. The number of carbonyl (C=O) groups excluding carboxylic acids is 1. The lowest BCUT2D eigenvalue weighted by Gasteiger charge is -2.23. The van der Waals surface area contributed by atoms with Crippen LogP contribution in [0.25, 0.3) is 0 Å². The van der Waals surface area contributed by atoms with Crippen LogP contribution in [0.3, 0.4) is 0 Å². The van der Waals surface area contributed by atoms with Crippen LogP contribution in [0.1, 0.15) is 5.56 Å². The summed E-state index contributed by atoms with van der Waals surface area (Å²) in [4.78, 5) is 12.5. The van der Waals surface area contributed by atoms with Crippen LogP contribution in [0.4, 0.5) is 10.1 Å². The Labute approximate surface area is 178 Å². The summed E-state index contributed by atoms with van der Waals surface area (Å²) in [6.07, 6.45) is 1.06. The maximum atomic E-state index is 13.8. The van der Waals surface area contributed by atoms with Gasteiger partial charge in [-0.1, -0.05) is 54.1 Å². The van der Waals surface area contributed by atoms with E-state index in [2.05, 4.69) is 10.5 Å². The van der Waals surface area contributed by atoms with Crippen LogP contribution in [0.2, 0.25) is 5.02 Å². The predicted molar refractivity (Wildman–Crippen MR) is 115 cm³/mol. The SMILES string of the molecule is O=C(CN(c1ccccc1)S(=O)(=O)c1ccccc1)N/N=C\c1c(F)cccc1Cl. The Morgan fingerprint density at radius 1 is 1.00 bits per heavy atom. The van der Waals surface area contributed by atoms with Crippen molar-refractivity contribution < 1.29 is 17.6 Å². The molecule has 1 N–H and O–H groups in total. The number of rotatable bonds is 7. The van der Waals surface area contributed by atoms with Gasteiger partial charge in [0.15, 0.2) is 0 Å². The van der Waals surface area contributed by atoms with Gasteiger partial charge in [-0.15, -0.1) is 0 Å². The number of benzene rings is 3. The summed E-state index contributed by atoms with van der Waals surface area (Å²) in [6, 6.07) is 20.1. The van der Waals surface area contributed by atoms with E-state index in [1.165, 1.54) is 30.3 Å². The summed E-state index contributed by atoms with van der Waals surface area (Å²) < 4.78 is 40.9. The molecule has 0 saturated heterocycles. The number of hydrazone groups is 1. The maximum Gasteiger partial charge on any atom is 0.264 e. The number of sulfonamides is 1. The fourth-order valence-electron chi connectivity index (χ4n) is 2.60. The van der Waals surface area contributed by atoms with Crippen molar-refractivity contribution in [2.45, 2.75) is 4.90 Å². The molecule has 0 radical (unpaired) electrons. The number of nitrogens with one attached hydrogen (secondary N) is 1. The standard InChI is InChI=1S/C21H17ClFN3O3S/c22-19-12-7-13-20(23)18(19)14-24-25-21(27)15-26(16-8-3-1-4-9-16)30(28,29)17-10-5-2-6-11-17/h1-14H,15H2,(H,25,27)/b24-14-. The molecule has 3 aromatic rings. The van der Waals surface area contributed by atoms with Gasteiger partial charge in [-0.05, 0) is 36.4 Å². The summed E-state index contributed by atoms with van der Waals surface area (Å²) in [5.74, 6) is -1.31. The maximum absolute atomic E-state index is 13.8. The molecule has 0 saturated carbocycles. The molecule has 0 spiro atoms. The lowest BCUT2D eigenvalue weighted by molar-refractivity contribution is -0.119. The van der Waals surface area contributed by atoms with Gasteiger partial charge in [0, 0.05) is 5.56 Å². The average Bonchev–Trinajstić information content (AvgIpc) is 2.75. The van der Waals surface area contributed by atoms with Crippen molar-refractivity contribution in [3.05, 3.63) is 95.3 Å². The Morgan fingerprint density at radius 3 is 2.27 bits per heavy atom. The molecule has 0 bridgehead atoms. The molecule has 0 aliphatic carbocycles. The Hall–Kier alpha value is -3.23. The van der Waals surface area contributed by atoms with Crippen LogP contribution < -0.4 is 9.73 Å². The molecule has 1 amide bonds. The minimum atomic E-state index is -4.00. The first-order chi connectivity index (χ1) is 14.4. The van der Waals surface area contributed by atoms with E-state index in [1.54, 1.807) is 48.5 Å². The topological polar surface area (TPSA) is 78.8 Å². The molecule has 0 heterocycles. The third-order valence-corrected chi connectivity index (χ3v) is 6.16. The number of halogens is 2. The first-order valence-corrected chi connectivity index (χ1v) is 10.6. The van der Waals surface area contributed by atoms with Crippen molar-refractivity contribution in [3.8, 4) is 0 Å². The van der Waals surface area contributed by atoms with E-state index in [0.717, 1.165) is 10.5 Å². The highest BCUT2D eigenvalue weighted by Crippen LogP contribution is 2.23. The third kappa shape index (κ3) is 5.03. The largest absolute Gasteiger partial charge is 0.271 e. The second kappa shape index (κ2) is 9.51. The van der Waals surface area contributed by atoms with Crippen LogP contribution in [0.5, 0.6) is 0 Å². The normalized spacial score (nSPS) is 11.4. The number of hydrogen-bond donors (Lipinski definition) is 1. The van der Waals surface area contributed by atoms with Crippen molar-refractivity contribution in [3.63, 3.8) is 0 Å².